The molecular formula is C21H30N2O2. The molecule has 4 aliphatic rings. The van der Waals surface area contributed by atoms with Gasteiger partial charge in [-0.2, -0.15) is 0 Å². The molecule has 1 aromatic rings. The summed E-state index contributed by atoms with van der Waals surface area (Å²) in [5.41, 5.74) is 2.05. The number of rotatable bonds is 3. The van der Waals surface area contributed by atoms with E-state index in [4.69, 9.17) is 4.74 Å². The molecule has 0 aromatic heterocycles. The third-order valence-electron chi connectivity index (χ3n) is 7.49. The van der Waals surface area contributed by atoms with E-state index in [1.807, 2.05) is 0 Å². The Balaban J connectivity index is 1.64. The molecule has 2 N–H and O–H groups in total. The first-order chi connectivity index (χ1) is 12.2. The van der Waals surface area contributed by atoms with Crippen LogP contribution < -0.4 is 10.1 Å². The van der Waals surface area contributed by atoms with E-state index < -0.39 is 5.60 Å². The van der Waals surface area contributed by atoms with Gasteiger partial charge in [-0.15, -0.1) is 0 Å². The van der Waals surface area contributed by atoms with Crippen LogP contribution in [-0.2, 0) is 11.8 Å². The molecule has 25 heavy (non-hydrogen) atoms. The summed E-state index contributed by atoms with van der Waals surface area (Å²) in [4.78, 5) is 2.63. The Morgan fingerprint density at radius 1 is 1.24 bits per heavy atom. The lowest BCUT2D eigenvalue weighted by Gasteiger charge is -2.61. The summed E-state index contributed by atoms with van der Waals surface area (Å²) in [5, 5.41) is 15.7. The molecule has 2 bridgehead atoms. The van der Waals surface area contributed by atoms with E-state index >= 15 is 0 Å². The zero-order chi connectivity index (χ0) is 17.1. The van der Waals surface area contributed by atoms with Gasteiger partial charge in [-0.3, -0.25) is 4.90 Å². The first kappa shape index (κ1) is 16.1. The van der Waals surface area contributed by atoms with Gasteiger partial charge in [-0.25, -0.2) is 0 Å². The molecule has 0 radical (unpaired) electrons. The minimum Gasteiger partial charge on any atom is -0.497 e. The van der Waals surface area contributed by atoms with E-state index in [0.717, 1.165) is 57.0 Å². The highest BCUT2D eigenvalue weighted by atomic mass is 16.5. The average Bonchev–Trinajstić information content (AvgIpc) is 3.44. The van der Waals surface area contributed by atoms with Gasteiger partial charge in [0.05, 0.1) is 12.7 Å². The molecule has 3 unspecified atom stereocenters. The molecule has 2 saturated heterocycles. The van der Waals surface area contributed by atoms with Crippen LogP contribution in [0.25, 0.3) is 0 Å². The lowest BCUT2D eigenvalue weighted by molar-refractivity contribution is -0.149. The van der Waals surface area contributed by atoms with Crippen LogP contribution in [0.4, 0.5) is 0 Å². The summed E-state index contributed by atoms with van der Waals surface area (Å²) in [6.45, 7) is 4.22. The van der Waals surface area contributed by atoms with Crippen LogP contribution in [-0.4, -0.2) is 54.9 Å². The lowest BCUT2D eigenvalue weighted by Crippen LogP contribution is -2.71. The fourth-order valence-electron chi connectivity index (χ4n) is 5.95. The van der Waals surface area contributed by atoms with Gasteiger partial charge in [0.2, 0.25) is 0 Å². The Labute approximate surface area is 150 Å². The van der Waals surface area contributed by atoms with Crippen molar-refractivity contribution >= 4 is 0 Å². The average molecular weight is 342 g/mol. The monoisotopic (exact) mass is 342 g/mol. The number of aliphatic hydroxyl groups is 1. The number of likely N-dealkylation sites (tertiary alicyclic amines) is 1. The van der Waals surface area contributed by atoms with Gasteiger partial charge in [-0.05, 0) is 87.3 Å². The number of benzene rings is 1. The summed E-state index contributed by atoms with van der Waals surface area (Å²) >= 11 is 0. The Bertz CT molecular complexity index is 674. The molecule has 3 fully saturated rings. The molecule has 3 atom stereocenters. The van der Waals surface area contributed by atoms with Gasteiger partial charge in [0.25, 0.3) is 0 Å². The van der Waals surface area contributed by atoms with E-state index in [1.54, 1.807) is 7.11 Å². The second-order valence-corrected chi connectivity index (χ2v) is 8.69. The van der Waals surface area contributed by atoms with Crippen LogP contribution in [0.3, 0.4) is 0 Å². The Hall–Kier alpha value is -1.10. The summed E-state index contributed by atoms with van der Waals surface area (Å²) in [6.07, 6.45) is 6.68. The van der Waals surface area contributed by atoms with Gasteiger partial charge in [0.15, 0.2) is 0 Å². The lowest BCUT2D eigenvalue weighted by atomic mass is 9.52. The first-order valence-electron chi connectivity index (χ1n) is 10.0. The van der Waals surface area contributed by atoms with E-state index in [1.165, 1.54) is 30.5 Å². The first-order valence-corrected chi connectivity index (χ1v) is 10.0. The molecule has 0 amide bonds. The van der Waals surface area contributed by atoms with Crippen molar-refractivity contribution in [3.8, 4) is 5.75 Å². The van der Waals surface area contributed by atoms with Gasteiger partial charge < -0.3 is 15.2 Å². The van der Waals surface area contributed by atoms with Crippen molar-refractivity contribution in [3.05, 3.63) is 29.3 Å². The highest BCUT2D eigenvalue weighted by Gasteiger charge is 2.62. The molecule has 2 heterocycles. The predicted octanol–water partition coefficient (Wildman–Crippen LogP) is 2.09. The molecule has 1 aromatic carbocycles. The third-order valence-corrected chi connectivity index (χ3v) is 7.49. The molecule has 136 valence electrons. The maximum Gasteiger partial charge on any atom is 0.119 e. The predicted molar refractivity (Wildman–Crippen MR) is 98.1 cm³/mol. The number of nitrogens with one attached hydrogen (secondary N) is 1. The second-order valence-electron chi connectivity index (χ2n) is 8.69. The molecular weight excluding hydrogens is 312 g/mol. The van der Waals surface area contributed by atoms with Crippen LogP contribution in [0.15, 0.2) is 18.2 Å². The summed E-state index contributed by atoms with van der Waals surface area (Å²) in [6, 6.07) is 6.83. The van der Waals surface area contributed by atoms with Crippen molar-refractivity contribution in [2.75, 3.05) is 33.3 Å². The van der Waals surface area contributed by atoms with Crippen LogP contribution in [0.2, 0.25) is 0 Å². The maximum absolute atomic E-state index is 12.1. The largest absolute Gasteiger partial charge is 0.497 e. The van der Waals surface area contributed by atoms with Gasteiger partial charge in [-0.1, -0.05) is 6.07 Å². The number of nitrogens with zero attached hydrogens (tertiary/aromatic N) is 1. The van der Waals surface area contributed by atoms with Crippen molar-refractivity contribution in [2.24, 2.45) is 5.92 Å². The number of hydrogen-bond acceptors (Lipinski definition) is 4. The van der Waals surface area contributed by atoms with E-state index in [9.17, 15) is 5.11 Å². The number of fused-ring (bicyclic) bond motifs is 1. The second kappa shape index (κ2) is 5.70. The summed E-state index contributed by atoms with van der Waals surface area (Å²) in [7, 11) is 1.74. The third kappa shape index (κ3) is 2.30. The maximum atomic E-state index is 12.1. The molecule has 4 nitrogen and oxygen atoms in total. The standard InChI is InChI=1S/C21H30N2O2/c1-25-17-5-4-16-12-19-21(24)7-10-22-9-6-20(21,18(16)13-17)8-11-23(19)14-15-2-3-15/h4-5,13,15,19,22,24H,2-3,6-12,14H2,1H3. The van der Waals surface area contributed by atoms with Crippen LogP contribution in [0, 0.1) is 5.92 Å². The number of piperidine rings is 1. The van der Waals surface area contributed by atoms with Crippen molar-refractivity contribution in [2.45, 2.75) is 55.6 Å². The fraction of sp³-hybridized carbons (Fsp3) is 0.714. The van der Waals surface area contributed by atoms with Crippen LogP contribution >= 0.6 is 0 Å². The minimum atomic E-state index is -0.622. The zero-order valence-corrected chi connectivity index (χ0v) is 15.3. The summed E-state index contributed by atoms with van der Waals surface area (Å²) in [5.74, 6) is 1.80. The highest BCUT2D eigenvalue weighted by Crippen LogP contribution is 2.56. The SMILES string of the molecule is COc1ccc2c(c1)C13CCNCCC1(O)C(C2)N(CC1CC1)CC3. The topological polar surface area (TPSA) is 44.7 Å². The van der Waals surface area contributed by atoms with E-state index in [0.29, 0.717) is 0 Å². The van der Waals surface area contributed by atoms with Gasteiger partial charge in [0, 0.05) is 18.0 Å². The number of methoxy groups -OCH3 is 1. The highest BCUT2D eigenvalue weighted by molar-refractivity contribution is 5.48. The minimum absolute atomic E-state index is 0.122. The Morgan fingerprint density at radius 3 is 2.88 bits per heavy atom. The molecule has 2 aliphatic heterocycles. The van der Waals surface area contributed by atoms with Crippen molar-refractivity contribution in [1.82, 2.24) is 10.2 Å². The summed E-state index contributed by atoms with van der Waals surface area (Å²) < 4.78 is 5.53. The molecule has 2 aliphatic carbocycles. The van der Waals surface area contributed by atoms with E-state index in [2.05, 4.69) is 28.4 Å². The van der Waals surface area contributed by atoms with Gasteiger partial charge >= 0.3 is 0 Å². The Morgan fingerprint density at radius 2 is 2.08 bits per heavy atom. The van der Waals surface area contributed by atoms with Crippen LogP contribution in [0.5, 0.6) is 5.75 Å². The normalized spacial score (nSPS) is 37.8. The Kier molecular flexibility index (Phi) is 3.67. The van der Waals surface area contributed by atoms with Gasteiger partial charge in [0.1, 0.15) is 5.75 Å². The molecule has 4 heteroatoms. The van der Waals surface area contributed by atoms with Crippen molar-refractivity contribution < 1.29 is 9.84 Å². The molecule has 5 rings (SSSR count). The zero-order valence-electron chi connectivity index (χ0n) is 15.3. The van der Waals surface area contributed by atoms with Crippen molar-refractivity contribution in [1.29, 1.82) is 0 Å². The number of hydrogen-bond donors (Lipinski definition) is 2. The van der Waals surface area contributed by atoms with E-state index in [-0.39, 0.29) is 11.5 Å². The molecule has 0 spiro atoms. The van der Waals surface area contributed by atoms with Crippen LogP contribution in [0.1, 0.15) is 43.2 Å². The number of ether oxygens (including phenoxy) is 1. The molecule has 1 saturated carbocycles. The van der Waals surface area contributed by atoms with Crippen molar-refractivity contribution in [3.63, 3.8) is 0 Å². The quantitative estimate of drug-likeness (QED) is 0.883. The smallest absolute Gasteiger partial charge is 0.119 e. The fourth-order valence-corrected chi connectivity index (χ4v) is 5.95.